The predicted octanol–water partition coefficient (Wildman–Crippen LogP) is 1.49. The Bertz CT molecular complexity index is 191. The number of nitrogens with one attached hydrogen (secondary N) is 1. The highest BCUT2D eigenvalue weighted by Gasteiger charge is 2.41. The second-order valence-electron chi connectivity index (χ2n) is 3.34. The van der Waals surface area contributed by atoms with Gasteiger partial charge in [-0.2, -0.15) is 5.26 Å². The third-order valence-electron chi connectivity index (χ3n) is 2.53. The minimum atomic E-state index is 0.109. The molecule has 0 aromatic carbocycles. The molecule has 1 atom stereocenters. The van der Waals surface area contributed by atoms with Crippen LogP contribution in [0.5, 0.6) is 0 Å². The van der Waals surface area contributed by atoms with Gasteiger partial charge in [-0.1, -0.05) is 12.8 Å². The fourth-order valence-electron chi connectivity index (χ4n) is 1.95. The zero-order chi connectivity index (χ0) is 7.73. The van der Waals surface area contributed by atoms with Crippen LogP contribution in [0.15, 0.2) is 0 Å². The summed E-state index contributed by atoms with van der Waals surface area (Å²) in [5, 5.41) is 12.1. The number of hydrogen-bond donors (Lipinski definition) is 1. The fraction of sp³-hybridized carbons (Fsp3) is 0.875. The van der Waals surface area contributed by atoms with Gasteiger partial charge >= 0.3 is 0 Å². The van der Waals surface area contributed by atoms with Gasteiger partial charge in [-0.25, -0.2) is 0 Å². The van der Waals surface area contributed by atoms with Crippen molar-refractivity contribution in [3.05, 3.63) is 0 Å². The largest absolute Gasteiger partial charge is 0.287 e. The highest BCUT2D eigenvalue weighted by Crippen LogP contribution is 2.43. The molecule has 1 aliphatic carbocycles. The molecule has 2 aliphatic rings. The van der Waals surface area contributed by atoms with Crippen LogP contribution in [0.1, 0.15) is 25.7 Å². The molecule has 0 radical (unpaired) electrons. The molecule has 2 rings (SSSR count). The SMILES string of the molecule is N#CC1CSC2(CCCC2)N1. The Morgan fingerprint density at radius 3 is 2.73 bits per heavy atom. The first-order chi connectivity index (χ1) is 5.35. The van der Waals surface area contributed by atoms with E-state index in [0.717, 1.165) is 5.75 Å². The van der Waals surface area contributed by atoms with Crippen LogP contribution in [0.2, 0.25) is 0 Å². The number of thioether (sulfide) groups is 1. The summed E-state index contributed by atoms with van der Waals surface area (Å²) in [6, 6.07) is 2.39. The third-order valence-corrected chi connectivity index (χ3v) is 4.11. The Kier molecular flexibility index (Phi) is 1.82. The normalized spacial score (nSPS) is 34.3. The lowest BCUT2D eigenvalue weighted by atomic mass is 10.2. The monoisotopic (exact) mass is 168 g/mol. The zero-order valence-electron chi connectivity index (χ0n) is 6.47. The van der Waals surface area contributed by atoms with Gasteiger partial charge in [0.2, 0.25) is 0 Å². The van der Waals surface area contributed by atoms with Gasteiger partial charge in [0.05, 0.1) is 10.9 Å². The quantitative estimate of drug-likeness (QED) is 0.595. The number of nitriles is 1. The van der Waals surface area contributed by atoms with Crippen molar-refractivity contribution in [2.45, 2.75) is 36.6 Å². The first-order valence-corrected chi connectivity index (χ1v) is 5.14. The second kappa shape index (κ2) is 2.69. The summed E-state index contributed by atoms with van der Waals surface area (Å²) in [7, 11) is 0. The topological polar surface area (TPSA) is 35.8 Å². The lowest BCUT2D eigenvalue weighted by Gasteiger charge is -2.21. The Morgan fingerprint density at radius 2 is 2.18 bits per heavy atom. The maximum atomic E-state index is 8.68. The van der Waals surface area contributed by atoms with Crippen LogP contribution in [0.3, 0.4) is 0 Å². The molecule has 1 spiro atoms. The third kappa shape index (κ3) is 1.25. The van der Waals surface area contributed by atoms with E-state index in [1.165, 1.54) is 25.7 Å². The van der Waals surface area contributed by atoms with Crippen molar-refractivity contribution >= 4 is 11.8 Å². The van der Waals surface area contributed by atoms with E-state index in [0.29, 0.717) is 4.87 Å². The van der Waals surface area contributed by atoms with E-state index in [-0.39, 0.29) is 6.04 Å². The van der Waals surface area contributed by atoms with Crippen LogP contribution in [0, 0.1) is 11.3 Å². The molecule has 0 bridgehead atoms. The van der Waals surface area contributed by atoms with E-state index < -0.39 is 0 Å². The Hall–Kier alpha value is -0.200. The van der Waals surface area contributed by atoms with Gasteiger partial charge in [-0.05, 0) is 12.8 Å². The molecule has 1 aliphatic heterocycles. The average Bonchev–Trinajstić information content (AvgIpc) is 2.62. The van der Waals surface area contributed by atoms with Crippen molar-refractivity contribution in [2.24, 2.45) is 0 Å². The minimum Gasteiger partial charge on any atom is -0.287 e. The average molecular weight is 168 g/mol. The summed E-state index contributed by atoms with van der Waals surface area (Å²) in [6.45, 7) is 0. The maximum absolute atomic E-state index is 8.68. The van der Waals surface area contributed by atoms with Crippen molar-refractivity contribution in [1.82, 2.24) is 5.32 Å². The van der Waals surface area contributed by atoms with E-state index in [9.17, 15) is 0 Å². The molecular weight excluding hydrogens is 156 g/mol. The minimum absolute atomic E-state index is 0.109. The Balaban J connectivity index is 2.03. The van der Waals surface area contributed by atoms with Gasteiger partial charge in [0.1, 0.15) is 6.04 Å². The van der Waals surface area contributed by atoms with Crippen molar-refractivity contribution < 1.29 is 0 Å². The van der Waals surface area contributed by atoms with Crippen molar-refractivity contribution in [3.8, 4) is 6.07 Å². The zero-order valence-corrected chi connectivity index (χ0v) is 7.28. The van der Waals surface area contributed by atoms with E-state index in [1.807, 2.05) is 11.8 Å². The van der Waals surface area contributed by atoms with E-state index >= 15 is 0 Å². The molecule has 0 amide bonds. The maximum Gasteiger partial charge on any atom is 0.106 e. The van der Waals surface area contributed by atoms with Crippen LogP contribution in [0.25, 0.3) is 0 Å². The summed E-state index contributed by atoms with van der Waals surface area (Å²) >= 11 is 1.95. The molecule has 0 aromatic heterocycles. The van der Waals surface area contributed by atoms with Crippen LogP contribution < -0.4 is 5.32 Å². The molecule has 0 aromatic rings. The van der Waals surface area contributed by atoms with Crippen LogP contribution in [0.4, 0.5) is 0 Å². The van der Waals surface area contributed by atoms with E-state index in [1.54, 1.807) is 0 Å². The van der Waals surface area contributed by atoms with Crippen LogP contribution in [-0.2, 0) is 0 Å². The van der Waals surface area contributed by atoms with Crippen LogP contribution >= 0.6 is 11.8 Å². The Labute approximate surface area is 71.3 Å². The first-order valence-electron chi connectivity index (χ1n) is 4.16. The number of rotatable bonds is 0. The fourth-order valence-corrected chi connectivity index (χ4v) is 3.39. The van der Waals surface area contributed by atoms with Gasteiger partial charge in [0, 0.05) is 5.75 Å². The summed E-state index contributed by atoms with van der Waals surface area (Å²) in [6.07, 6.45) is 5.18. The molecule has 1 unspecified atom stereocenters. The molecule has 2 fully saturated rings. The van der Waals surface area contributed by atoms with Crippen molar-refractivity contribution in [3.63, 3.8) is 0 Å². The lowest BCUT2D eigenvalue weighted by molar-refractivity contribution is 0.485. The Morgan fingerprint density at radius 1 is 1.45 bits per heavy atom. The van der Waals surface area contributed by atoms with E-state index in [2.05, 4.69) is 11.4 Å². The molecule has 1 saturated heterocycles. The van der Waals surface area contributed by atoms with Gasteiger partial charge in [0.15, 0.2) is 0 Å². The summed E-state index contributed by atoms with van der Waals surface area (Å²) in [5.74, 6) is 0.983. The number of hydrogen-bond acceptors (Lipinski definition) is 3. The van der Waals surface area contributed by atoms with Crippen LogP contribution in [-0.4, -0.2) is 16.7 Å². The second-order valence-corrected chi connectivity index (χ2v) is 4.74. The molecular formula is C8H12N2S. The highest BCUT2D eigenvalue weighted by molar-refractivity contribution is 8.00. The first kappa shape index (κ1) is 7.45. The van der Waals surface area contributed by atoms with Gasteiger partial charge in [-0.3, -0.25) is 5.32 Å². The molecule has 3 heteroatoms. The number of nitrogens with zero attached hydrogens (tertiary/aromatic N) is 1. The summed E-state index contributed by atoms with van der Waals surface area (Å²) in [4.78, 5) is 0.306. The smallest absolute Gasteiger partial charge is 0.106 e. The molecule has 1 saturated carbocycles. The van der Waals surface area contributed by atoms with Gasteiger partial charge in [0.25, 0.3) is 0 Å². The molecule has 1 N–H and O–H groups in total. The molecule has 60 valence electrons. The van der Waals surface area contributed by atoms with Crippen molar-refractivity contribution in [2.75, 3.05) is 5.75 Å². The molecule has 11 heavy (non-hydrogen) atoms. The van der Waals surface area contributed by atoms with Gasteiger partial charge in [-0.15, -0.1) is 11.8 Å². The molecule has 2 nitrogen and oxygen atoms in total. The summed E-state index contributed by atoms with van der Waals surface area (Å²) < 4.78 is 0. The standard InChI is InChI=1S/C8H12N2S/c9-5-7-6-11-8(10-7)3-1-2-4-8/h7,10H,1-4,6H2. The molecule has 1 heterocycles. The lowest BCUT2D eigenvalue weighted by Crippen LogP contribution is -2.38. The highest BCUT2D eigenvalue weighted by atomic mass is 32.2. The summed E-state index contributed by atoms with van der Waals surface area (Å²) in [5.41, 5.74) is 0. The van der Waals surface area contributed by atoms with Crippen molar-refractivity contribution in [1.29, 1.82) is 5.26 Å². The van der Waals surface area contributed by atoms with E-state index in [4.69, 9.17) is 5.26 Å². The van der Waals surface area contributed by atoms with Gasteiger partial charge < -0.3 is 0 Å². The predicted molar refractivity (Wildman–Crippen MR) is 46.2 cm³/mol.